The van der Waals surface area contributed by atoms with Crippen LogP contribution in [0.3, 0.4) is 0 Å². The van der Waals surface area contributed by atoms with Gasteiger partial charge in [0.1, 0.15) is 18.7 Å². The molecular formula is C33H50N6O8. The zero-order valence-corrected chi connectivity index (χ0v) is 28.1. The lowest BCUT2D eigenvalue weighted by Crippen LogP contribution is -2.54. The number of carbonyl (C=O) groups excluding carboxylic acids is 7. The van der Waals surface area contributed by atoms with Crippen molar-refractivity contribution in [2.45, 2.75) is 98.3 Å². The Bertz CT molecular complexity index is 1270. The van der Waals surface area contributed by atoms with Gasteiger partial charge in [0.25, 0.3) is 0 Å². The fraction of sp³-hybridized carbons (Fsp3) is 0.606. The largest absolute Gasteiger partial charge is 0.461 e. The first kappa shape index (κ1) is 38.7. The van der Waals surface area contributed by atoms with Crippen molar-refractivity contribution in [3.8, 4) is 0 Å². The minimum atomic E-state index is -0.984. The first-order chi connectivity index (χ1) is 22.2. The summed E-state index contributed by atoms with van der Waals surface area (Å²) in [5.74, 6) is -2.48. The summed E-state index contributed by atoms with van der Waals surface area (Å²) in [7, 11) is 0. The highest BCUT2D eigenvalue weighted by Gasteiger charge is 2.39. The average Bonchev–Trinajstić information content (AvgIpc) is 3.29. The van der Waals surface area contributed by atoms with Gasteiger partial charge in [-0.3, -0.25) is 33.7 Å². The molecule has 47 heavy (non-hydrogen) atoms. The molecule has 6 N–H and O–H groups in total. The van der Waals surface area contributed by atoms with Crippen molar-refractivity contribution < 1.29 is 38.3 Å². The van der Waals surface area contributed by atoms with Crippen molar-refractivity contribution in [3.05, 3.63) is 29.8 Å². The second-order valence-corrected chi connectivity index (χ2v) is 12.5. The van der Waals surface area contributed by atoms with E-state index in [-0.39, 0.29) is 67.9 Å². The molecule has 1 aliphatic heterocycles. The lowest BCUT2D eigenvalue weighted by atomic mass is 9.94. The number of nitrogens with zero attached hydrogens (tertiary/aromatic N) is 1. The van der Waals surface area contributed by atoms with Crippen molar-refractivity contribution >= 4 is 47.2 Å². The molecule has 14 heteroatoms. The van der Waals surface area contributed by atoms with Gasteiger partial charge in [-0.2, -0.15) is 0 Å². The topological polar surface area (TPSA) is 206 Å². The van der Waals surface area contributed by atoms with Crippen LogP contribution in [-0.4, -0.2) is 71.6 Å². The predicted octanol–water partition coefficient (Wildman–Crippen LogP) is 2.35. The van der Waals surface area contributed by atoms with Crippen LogP contribution in [0, 0.1) is 17.8 Å². The molecule has 2 rings (SSSR count). The Morgan fingerprint density at radius 2 is 1.62 bits per heavy atom. The van der Waals surface area contributed by atoms with E-state index in [0.29, 0.717) is 37.9 Å². The van der Waals surface area contributed by atoms with E-state index in [1.807, 2.05) is 13.8 Å². The number of hydrogen-bond acceptors (Lipinski definition) is 8. The van der Waals surface area contributed by atoms with E-state index < -0.39 is 35.9 Å². The fourth-order valence-corrected chi connectivity index (χ4v) is 5.12. The molecule has 1 unspecified atom stereocenters. The summed E-state index contributed by atoms with van der Waals surface area (Å²) in [6.07, 6.45) is 2.65. The molecule has 1 saturated heterocycles. The van der Waals surface area contributed by atoms with Crippen LogP contribution < -0.4 is 27.0 Å². The Labute approximate surface area is 276 Å². The van der Waals surface area contributed by atoms with Crippen LogP contribution in [-0.2, 0) is 40.1 Å². The van der Waals surface area contributed by atoms with Crippen molar-refractivity contribution in [2.75, 3.05) is 18.4 Å². The molecule has 14 nitrogen and oxygen atoms in total. The van der Waals surface area contributed by atoms with E-state index >= 15 is 0 Å². The van der Waals surface area contributed by atoms with E-state index in [1.54, 1.807) is 38.1 Å². The fourth-order valence-electron chi connectivity index (χ4n) is 5.12. The molecule has 0 aromatic heterocycles. The Morgan fingerprint density at radius 3 is 2.19 bits per heavy atom. The van der Waals surface area contributed by atoms with E-state index in [9.17, 15) is 33.6 Å². The predicted molar refractivity (Wildman–Crippen MR) is 174 cm³/mol. The Balaban J connectivity index is 1.93. The number of unbranched alkanes of at least 4 members (excludes halogenated alkanes) is 2. The summed E-state index contributed by atoms with van der Waals surface area (Å²) in [6.45, 7) is 9.35. The van der Waals surface area contributed by atoms with Gasteiger partial charge in [-0.15, -0.1) is 0 Å². The number of esters is 1. The maximum atomic E-state index is 13.4. The minimum Gasteiger partial charge on any atom is -0.461 e. The molecule has 1 aromatic rings. The van der Waals surface area contributed by atoms with Gasteiger partial charge in [0.2, 0.25) is 29.5 Å². The van der Waals surface area contributed by atoms with Crippen molar-refractivity contribution in [2.24, 2.45) is 23.5 Å². The third-order valence-electron chi connectivity index (χ3n) is 7.90. The molecule has 7 amide bonds. The lowest BCUT2D eigenvalue weighted by Gasteiger charge is -2.25. The van der Waals surface area contributed by atoms with Crippen LogP contribution in [0.4, 0.5) is 10.5 Å². The summed E-state index contributed by atoms with van der Waals surface area (Å²) in [5.41, 5.74) is 6.32. The molecule has 1 aliphatic rings. The van der Waals surface area contributed by atoms with Crippen molar-refractivity contribution in [1.82, 2.24) is 20.9 Å². The van der Waals surface area contributed by atoms with Crippen molar-refractivity contribution in [1.29, 1.82) is 0 Å². The standard InChI is InChI=1S/C33H50N6O8/c1-20(2)25-18-28(42)39(32(25)45)17-8-6-7-11-27(41)38-29(21(3)4)31(44)37-26(10-9-16-35-33(34)46)30(43)36-24-14-12-23(13-15-24)19-47-22(5)40/h12-15,20-21,25-26,29H,6-11,16-19H2,1-5H3,(H,36,43)(H,37,44)(H,38,41)(H3,34,35,46)/t25?,26-,29-/m0/s1. The van der Waals surface area contributed by atoms with Gasteiger partial charge in [0.05, 0.1) is 0 Å². The molecule has 1 aromatic carbocycles. The molecule has 260 valence electrons. The van der Waals surface area contributed by atoms with E-state index in [1.165, 1.54) is 11.8 Å². The van der Waals surface area contributed by atoms with Crippen LogP contribution in [0.25, 0.3) is 0 Å². The number of likely N-dealkylation sites (tertiary alicyclic amines) is 1. The Hall–Kier alpha value is -4.49. The second kappa shape index (κ2) is 19.2. The maximum Gasteiger partial charge on any atom is 0.312 e. The van der Waals surface area contributed by atoms with E-state index in [2.05, 4.69) is 21.3 Å². The summed E-state index contributed by atoms with van der Waals surface area (Å²) in [4.78, 5) is 87.5. The minimum absolute atomic E-state index is 0.0941. The molecule has 0 spiro atoms. The number of nitrogens with one attached hydrogen (secondary N) is 4. The number of carbonyl (C=O) groups is 7. The highest BCUT2D eigenvalue weighted by atomic mass is 16.5. The number of anilines is 1. The zero-order chi connectivity index (χ0) is 35.1. The number of ether oxygens (including phenoxy) is 1. The molecule has 0 aliphatic carbocycles. The molecular weight excluding hydrogens is 608 g/mol. The SMILES string of the molecule is CC(=O)OCc1ccc(NC(=O)[C@H](CCCNC(N)=O)NC(=O)[C@@H](NC(=O)CCCCCN2C(=O)CC(C(C)C)C2=O)C(C)C)cc1. The van der Waals surface area contributed by atoms with Crippen molar-refractivity contribution in [3.63, 3.8) is 0 Å². The summed E-state index contributed by atoms with van der Waals surface area (Å²) < 4.78 is 4.97. The number of rotatable bonds is 19. The molecule has 1 heterocycles. The monoisotopic (exact) mass is 658 g/mol. The highest BCUT2D eigenvalue weighted by Crippen LogP contribution is 2.26. The molecule has 0 bridgehead atoms. The molecule has 0 saturated carbocycles. The number of benzene rings is 1. The van der Waals surface area contributed by atoms with E-state index in [4.69, 9.17) is 10.5 Å². The number of hydrogen-bond donors (Lipinski definition) is 5. The van der Waals surface area contributed by atoms with Gasteiger partial charge < -0.3 is 31.7 Å². The highest BCUT2D eigenvalue weighted by molar-refractivity contribution is 6.03. The summed E-state index contributed by atoms with van der Waals surface area (Å²) in [5, 5.41) is 10.7. The van der Waals surface area contributed by atoms with Gasteiger partial charge in [-0.1, -0.05) is 46.2 Å². The normalized spacial score (nSPS) is 15.7. The van der Waals surface area contributed by atoms with Crippen LogP contribution in [0.1, 0.15) is 85.1 Å². The summed E-state index contributed by atoms with van der Waals surface area (Å²) >= 11 is 0. The van der Waals surface area contributed by atoms with Gasteiger partial charge in [-0.05, 0) is 55.2 Å². The van der Waals surface area contributed by atoms with Crippen LogP contribution >= 0.6 is 0 Å². The van der Waals surface area contributed by atoms with Gasteiger partial charge in [0, 0.05) is 44.5 Å². The third kappa shape index (κ3) is 13.4. The molecule has 0 radical (unpaired) electrons. The summed E-state index contributed by atoms with van der Waals surface area (Å²) in [6, 6.07) is 4.08. The van der Waals surface area contributed by atoms with Crippen LogP contribution in [0.5, 0.6) is 0 Å². The van der Waals surface area contributed by atoms with Gasteiger partial charge in [0.15, 0.2) is 0 Å². The number of nitrogens with two attached hydrogens (primary N) is 1. The number of primary amides is 1. The third-order valence-corrected chi connectivity index (χ3v) is 7.90. The van der Waals surface area contributed by atoms with Gasteiger partial charge in [-0.25, -0.2) is 4.79 Å². The first-order valence-electron chi connectivity index (χ1n) is 16.2. The number of imide groups is 1. The Morgan fingerprint density at radius 1 is 0.936 bits per heavy atom. The first-order valence-corrected chi connectivity index (χ1v) is 16.2. The Kier molecular flexibility index (Phi) is 15.8. The average molecular weight is 659 g/mol. The number of urea groups is 1. The van der Waals surface area contributed by atoms with Gasteiger partial charge >= 0.3 is 12.0 Å². The second-order valence-electron chi connectivity index (χ2n) is 12.5. The number of amides is 7. The van der Waals surface area contributed by atoms with Crippen LogP contribution in [0.2, 0.25) is 0 Å². The molecule has 3 atom stereocenters. The zero-order valence-electron chi connectivity index (χ0n) is 28.1. The van der Waals surface area contributed by atoms with Crippen LogP contribution in [0.15, 0.2) is 24.3 Å². The quantitative estimate of drug-likeness (QED) is 0.0845. The molecule has 1 fully saturated rings. The smallest absolute Gasteiger partial charge is 0.312 e. The maximum absolute atomic E-state index is 13.4. The lowest BCUT2D eigenvalue weighted by molar-refractivity contribution is -0.142. The van der Waals surface area contributed by atoms with E-state index in [0.717, 1.165) is 5.56 Å².